The van der Waals surface area contributed by atoms with E-state index in [2.05, 4.69) is 4.98 Å². The minimum atomic E-state index is -4.87. The number of amides is 2. The van der Waals surface area contributed by atoms with E-state index in [-0.39, 0.29) is 50.0 Å². The summed E-state index contributed by atoms with van der Waals surface area (Å²) < 4.78 is 80.1. The highest BCUT2D eigenvalue weighted by molar-refractivity contribution is 5.87. The van der Waals surface area contributed by atoms with Gasteiger partial charge in [-0.3, -0.25) is 14.4 Å². The van der Waals surface area contributed by atoms with E-state index < -0.39 is 77.5 Å². The molecule has 0 unspecified atom stereocenters. The van der Waals surface area contributed by atoms with Crippen LogP contribution in [0.15, 0.2) is 12.1 Å². The first-order valence-electron chi connectivity index (χ1n) is 11.8. The molecule has 0 radical (unpaired) electrons. The van der Waals surface area contributed by atoms with Crippen molar-refractivity contribution in [1.29, 1.82) is 0 Å². The fourth-order valence-corrected chi connectivity index (χ4v) is 3.82. The van der Waals surface area contributed by atoms with Gasteiger partial charge >= 0.3 is 18.1 Å². The quantitative estimate of drug-likeness (QED) is 0.206. The van der Waals surface area contributed by atoms with Gasteiger partial charge in [-0.2, -0.15) is 13.2 Å². The molecule has 1 aromatic heterocycles. The van der Waals surface area contributed by atoms with Crippen molar-refractivity contribution in [3.8, 4) is 0 Å². The van der Waals surface area contributed by atoms with Gasteiger partial charge in [0.05, 0.1) is 12.2 Å². The van der Waals surface area contributed by atoms with Crippen molar-refractivity contribution in [3.63, 3.8) is 0 Å². The van der Waals surface area contributed by atoms with Crippen molar-refractivity contribution >= 4 is 23.8 Å². The van der Waals surface area contributed by atoms with Crippen molar-refractivity contribution in [1.82, 2.24) is 14.5 Å². The number of rotatable bonds is 9. The van der Waals surface area contributed by atoms with E-state index in [1.54, 1.807) is 0 Å². The summed E-state index contributed by atoms with van der Waals surface area (Å²) in [6, 6.07) is -0.987. The number of carboxylic acid groups (broad SMARTS) is 2. The minimum Gasteiger partial charge on any atom is -0.480 e. The molecule has 1 aliphatic heterocycles. The van der Waals surface area contributed by atoms with Crippen molar-refractivity contribution in [3.05, 3.63) is 52.4 Å². The average Bonchev–Trinajstić information content (AvgIpc) is 3.26. The van der Waals surface area contributed by atoms with E-state index in [9.17, 15) is 45.5 Å². The molecule has 0 saturated heterocycles. The topological polar surface area (TPSA) is 208 Å². The molecular formula is C23H26F6N6O6. The van der Waals surface area contributed by atoms with E-state index in [1.807, 2.05) is 0 Å². The van der Waals surface area contributed by atoms with Gasteiger partial charge < -0.3 is 36.9 Å². The summed E-state index contributed by atoms with van der Waals surface area (Å²) in [5.41, 5.74) is 14.3. The van der Waals surface area contributed by atoms with E-state index >= 15 is 0 Å². The molecule has 41 heavy (non-hydrogen) atoms. The van der Waals surface area contributed by atoms with E-state index in [0.717, 1.165) is 4.90 Å². The van der Waals surface area contributed by atoms with Crippen LogP contribution in [-0.4, -0.2) is 67.0 Å². The van der Waals surface area contributed by atoms with Gasteiger partial charge in [0.25, 0.3) is 0 Å². The molecule has 0 saturated carbocycles. The number of aromatic carboxylic acids is 1. The first-order chi connectivity index (χ1) is 18.9. The van der Waals surface area contributed by atoms with Crippen LogP contribution in [0.1, 0.15) is 46.8 Å². The molecule has 226 valence electrons. The number of imidazole rings is 1. The number of nitrogens with two attached hydrogens (primary N) is 3. The maximum atomic E-state index is 13.8. The first kappa shape index (κ1) is 33.0. The molecule has 0 aliphatic carbocycles. The lowest BCUT2D eigenvalue weighted by molar-refractivity contribution is -0.148. The Morgan fingerprint density at radius 3 is 2.15 bits per heavy atom. The third kappa shape index (κ3) is 8.90. The van der Waals surface area contributed by atoms with Crippen molar-refractivity contribution in [2.45, 2.75) is 57.0 Å². The molecule has 18 heteroatoms. The Balaban J connectivity index is 0.000000503. The SMILES string of the molecule is NC(=O)CC[C@H](N)C(=O)O.N[C@@H](CC(=O)N1CCn2c(C(F)(F)F)nc(C(=O)O)c2C1)Cc1cc(F)c(F)cc1F. The number of carbonyl (C=O) groups excluding carboxylic acids is 2. The Hall–Kier alpha value is -4.19. The lowest BCUT2D eigenvalue weighted by Gasteiger charge is -2.30. The van der Waals surface area contributed by atoms with Crippen molar-refractivity contribution in [2.24, 2.45) is 17.2 Å². The van der Waals surface area contributed by atoms with Crippen LogP contribution in [-0.2, 0) is 40.1 Å². The second-order valence-electron chi connectivity index (χ2n) is 8.98. The predicted molar refractivity (Wildman–Crippen MR) is 126 cm³/mol. The largest absolute Gasteiger partial charge is 0.480 e. The Morgan fingerprint density at radius 2 is 1.61 bits per heavy atom. The van der Waals surface area contributed by atoms with Crippen molar-refractivity contribution in [2.75, 3.05) is 6.54 Å². The van der Waals surface area contributed by atoms with E-state index in [0.29, 0.717) is 16.7 Å². The fraction of sp³-hybridized carbons (Fsp3) is 0.435. The predicted octanol–water partition coefficient (Wildman–Crippen LogP) is 0.984. The highest BCUT2D eigenvalue weighted by Crippen LogP contribution is 2.32. The highest BCUT2D eigenvalue weighted by Gasteiger charge is 2.41. The third-order valence-corrected chi connectivity index (χ3v) is 5.84. The summed E-state index contributed by atoms with van der Waals surface area (Å²) in [6.45, 7) is -0.921. The monoisotopic (exact) mass is 596 g/mol. The zero-order chi connectivity index (χ0) is 31.2. The van der Waals surface area contributed by atoms with Crippen LogP contribution >= 0.6 is 0 Å². The van der Waals surface area contributed by atoms with Crippen molar-refractivity contribution < 1.29 is 55.7 Å². The number of nitrogens with zero attached hydrogens (tertiary/aromatic N) is 3. The number of primary amides is 1. The zero-order valence-corrected chi connectivity index (χ0v) is 21.1. The third-order valence-electron chi connectivity index (χ3n) is 5.84. The van der Waals surface area contributed by atoms with Crippen LogP contribution in [0.2, 0.25) is 0 Å². The van der Waals surface area contributed by atoms with Gasteiger partial charge in [0.1, 0.15) is 11.9 Å². The van der Waals surface area contributed by atoms with Gasteiger partial charge in [0.15, 0.2) is 17.3 Å². The summed E-state index contributed by atoms with van der Waals surface area (Å²) in [5.74, 6) is -8.97. The van der Waals surface area contributed by atoms with Gasteiger partial charge in [0, 0.05) is 38.0 Å². The molecule has 1 aliphatic rings. The van der Waals surface area contributed by atoms with Gasteiger partial charge in [-0.15, -0.1) is 0 Å². The van der Waals surface area contributed by atoms with Crippen LogP contribution < -0.4 is 17.2 Å². The summed E-state index contributed by atoms with van der Waals surface area (Å²) >= 11 is 0. The lowest BCUT2D eigenvalue weighted by atomic mass is 10.0. The second kappa shape index (κ2) is 13.4. The molecule has 0 spiro atoms. The average molecular weight is 596 g/mol. The van der Waals surface area contributed by atoms with Gasteiger partial charge in [-0.05, 0) is 24.5 Å². The second-order valence-corrected chi connectivity index (χ2v) is 8.98. The number of benzene rings is 1. The Labute approximate surface area is 227 Å². The molecule has 3 rings (SSSR count). The number of carboxylic acids is 2. The van der Waals surface area contributed by atoms with Crippen LogP contribution in [0.5, 0.6) is 0 Å². The molecule has 2 heterocycles. The summed E-state index contributed by atoms with van der Waals surface area (Å²) in [6.07, 6.45) is -5.41. The standard InChI is InChI=1S/C18H16F6N4O3.C5H10N2O3/c19-10-6-12(21)11(20)4-8(10)3-9(25)5-14(29)27-1-2-28-13(7-27)15(16(30)31)26-17(28)18(22,23)24;6-3(5(9)10)1-2-4(7)8/h4,6,9H,1-3,5,7,25H2,(H,30,31);3H,1-2,6H2,(H2,7,8)(H,9,10)/t9-;3-/m10/s1. The molecule has 2 atom stereocenters. The molecule has 2 amide bonds. The number of fused-ring (bicyclic) bond motifs is 1. The van der Waals surface area contributed by atoms with E-state index in [1.165, 1.54) is 0 Å². The van der Waals surface area contributed by atoms with Gasteiger partial charge in [0.2, 0.25) is 17.6 Å². The highest BCUT2D eigenvalue weighted by atomic mass is 19.4. The number of aliphatic carboxylic acids is 1. The van der Waals surface area contributed by atoms with Crippen LogP contribution in [0, 0.1) is 17.5 Å². The van der Waals surface area contributed by atoms with Gasteiger partial charge in [-0.25, -0.2) is 22.9 Å². The maximum absolute atomic E-state index is 13.8. The number of halogens is 6. The van der Waals surface area contributed by atoms with Crippen LogP contribution in [0.4, 0.5) is 26.3 Å². The summed E-state index contributed by atoms with van der Waals surface area (Å²) in [7, 11) is 0. The van der Waals surface area contributed by atoms with Crippen LogP contribution in [0.3, 0.4) is 0 Å². The number of carbonyl (C=O) groups is 4. The molecule has 2 aromatic rings. The zero-order valence-electron chi connectivity index (χ0n) is 21.1. The molecule has 8 N–H and O–H groups in total. The van der Waals surface area contributed by atoms with Crippen LogP contribution in [0.25, 0.3) is 0 Å². The number of aromatic nitrogens is 2. The number of hydrogen-bond donors (Lipinski definition) is 5. The number of hydrogen-bond acceptors (Lipinski definition) is 7. The molecule has 1 aromatic carbocycles. The molecular weight excluding hydrogens is 570 g/mol. The molecule has 0 fully saturated rings. The van der Waals surface area contributed by atoms with E-state index in [4.69, 9.17) is 27.4 Å². The summed E-state index contributed by atoms with van der Waals surface area (Å²) in [5, 5.41) is 17.4. The lowest BCUT2D eigenvalue weighted by Crippen LogP contribution is -2.42. The fourth-order valence-electron chi connectivity index (χ4n) is 3.82. The number of alkyl halides is 3. The Morgan fingerprint density at radius 1 is 1.00 bits per heavy atom. The smallest absolute Gasteiger partial charge is 0.449 e. The Kier molecular flexibility index (Phi) is 10.8. The molecule has 12 nitrogen and oxygen atoms in total. The maximum Gasteiger partial charge on any atom is 0.449 e. The first-order valence-corrected chi connectivity index (χ1v) is 11.8. The Bertz CT molecular complexity index is 1320. The molecule has 0 bridgehead atoms. The summed E-state index contributed by atoms with van der Waals surface area (Å²) in [4.78, 5) is 48.2. The van der Waals surface area contributed by atoms with Gasteiger partial charge in [-0.1, -0.05) is 0 Å². The normalized spacial score (nSPS) is 14.4. The minimum absolute atomic E-state index is 0.0213.